The number of anilines is 2. The summed E-state index contributed by atoms with van der Waals surface area (Å²) in [5.41, 5.74) is 11.9. The van der Waals surface area contributed by atoms with Crippen LogP contribution in [0.2, 0.25) is 0 Å². The van der Waals surface area contributed by atoms with Gasteiger partial charge in [-0.15, -0.1) is 11.3 Å². The van der Waals surface area contributed by atoms with Crippen LogP contribution in [0.5, 0.6) is 0 Å². The Kier molecular flexibility index (Phi) is 4.84. The summed E-state index contributed by atoms with van der Waals surface area (Å²) in [6.07, 6.45) is 2.75. The third-order valence-corrected chi connectivity index (χ3v) is 4.61. The van der Waals surface area contributed by atoms with E-state index in [1.54, 1.807) is 0 Å². The van der Waals surface area contributed by atoms with E-state index in [0.29, 0.717) is 16.4 Å². The zero-order chi connectivity index (χ0) is 15.6. The molecule has 0 aromatic carbocycles. The molecular formula is C14H22N4O2S. The Labute approximate surface area is 128 Å². The Balaban J connectivity index is 2.13. The van der Waals surface area contributed by atoms with Gasteiger partial charge in [-0.25, -0.2) is 0 Å². The number of nitrogens with zero attached hydrogens (tertiary/aromatic N) is 1. The summed E-state index contributed by atoms with van der Waals surface area (Å²) in [5.74, 6) is -0.469. The molecule has 0 unspecified atom stereocenters. The molecule has 1 heterocycles. The van der Waals surface area contributed by atoms with Crippen LogP contribution in [0, 0.1) is 5.92 Å². The van der Waals surface area contributed by atoms with Crippen LogP contribution in [0.25, 0.3) is 0 Å². The molecule has 1 aliphatic carbocycles. The smallest absolute Gasteiger partial charge is 0.253 e. The van der Waals surface area contributed by atoms with Gasteiger partial charge in [0.15, 0.2) is 5.78 Å². The average Bonchev–Trinajstić information content (AvgIpc) is 3.18. The van der Waals surface area contributed by atoms with Gasteiger partial charge in [0.25, 0.3) is 5.91 Å². The van der Waals surface area contributed by atoms with Crippen molar-refractivity contribution in [2.24, 2.45) is 11.7 Å². The van der Waals surface area contributed by atoms with Gasteiger partial charge >= 0.3 is 0 Å². The maximum Gasteiger partial charge on any atom is 0.253 e. The van der Waals surface area contributed by atoms with Crippen LogP contribution in [-0.4, -0.2) is 43.8 Å². The molecule has 0 atom stereocenters. The van der Waals surface area contributed by atoms with E-state index in [9.17, 15) is 9.59 Å². The maximum atomic E-state index is 12.2. The Morgan fingerprint density at radius 3 is 2.57 bits per heavy atom. The van der Waals surface area contributed by atoms with Crippen LogP contribution in [0.1, 0.15) is 39.3 Å². The third kappa shape index (κ3) is 3.74. The van der Waals surface area contributed by atoms with Gasteiger partial charge in [-0.2, -0.15) is 0 Å². The van der Waals surface area contributed by atoms with Crippen molar-refractivity contribution in [1.82, 2.24) is 4.90 Å². The second-order valence-electron chi connectivity index (χ2n) is 5.64. The fraction of sp³-hybridized carbons (Fsp3) is 0.571. The average molecular weight is 310 g/mol. The molecule has 1 aliphatic rings. The summed E-state index contributed by atoms with van der Waals surface area (Å²) < 4.78 is 0. The summed E-state index contributed by atoms with van der Waals surface area (Å²) in [4.78, 5) is 26.3. The highest BCUT2D eigenvalue weighted by atomic mass is 32.1. The fourth-order valence-electron chi connectivity index (χ4n) is 2.12. The minimum absolute atomic E-state index is 0.0429. The molecule has 0 saturated heterocycles. The van der Waals surface area contributed by atoms with E-state index in [1.807, 2.05) is 14.1 Å². The van der Waals surface area contributed by atoms with E-state index in [0.717, 1.165) is 25.8 Å². The third-order valence-electron chi connectivity index (χ3n) is 3.43. The maximum absolute atomic E-state index is 12.2. The minimum Gasteiger partial charge on any atom is -0.397 e. The van der Waals surface area contributed by atoms with Gasteiger partial charge in [0.1, 0.15) is 5.00 Å². The number of thiophene rings is 1. The molecule has 1 amide bonds. The molecule has 1 saturated carbocycles. The first-order valence-electron chi connectivity index (χ1n) is 7.06. The van der Waals surface area contributed by atoms with E-state index in [-0.39, 0.29) is 23.0 Å². The van der Waals surface area contributed by atoms with Crippen molar-refractivity contribution in [1.29, 1.82) is 0 Å². The molecule has 0 radical (unpaired) electrons. The van der Waals surface area contributed by atoms with Gasteiger partial charge in [0.2, 0.25) is 0 Å². The second kappa shape index (κ2) is 6.44. The molecule has 1 aromatic heterocycles. The number of nitrogens with one attached hydrogen (secondary N) is 1. The lowest BCUT2D eigenvalue weighted by atomic mass is 10.1. The second-order valence-corrected chi connectivity index (χ2v) is 6.66. The highest BCUT2D eigenvalue weighted by molar-refractivity contribution is 7.19. The summed E-state index contributed by atoms with van der Waals surface area (Å²) in [6, 6.07) is 0. The molecule has 7 heteroatoms. The van der Waals surface area contributed by atoms with Crippen LogP contribution in [-0.2, 0) is 0 Å². The van der Waals surface area contributed by atoms with Crippen molar-refractivity contribution in [3.63, 3.8) is 0 Å². The molecule has 0 aliphatic heterocycles. The number of nitrogen functional groups attached to an aromatic ring is 1. The van der Waals surface area contributed by atoms with Crippen LogP contribution in [0.4, 0.5) is 10.7 Å². The number of rotatable bonds is 8. The molecule has 1 fully saturated rings. The lowest BCUT2D eigenvalue weighted by Gasteiger charge is -2.10. The lowest BCUT2D eigenvalue weighted by molar-refractivity contribution is 0.0972. The monoisotopic (exact) mass is 310 g/mol. The Bertz CT molecular complexity index is 549. The van der Waals surface area contributed by atoms with Crippen LogP contribution in [0.3, 0.4) is 0 Å². The topological polar surface area (TPSA) is 101 Å². The molecule has 5 N–H and O–H groups in total. The van der Waals surface area contributed by atoms with Crippen molar-refractivity contribution in [3.8, 4) is 0 Å². The molecular weight excluding hydrogens is 288 g/mol. The number of Topliss-reactive ketones (excluding diaryl/α,β-unsaturated/α-hetero) is 1. The molecule has 21 heavy (non-hydrogen) atoms. The van der Waals surface area contributed by atoms with Crippen LogP contribution < -0.4 is 16.8 Å². The SMILES string of the molecule is CN(C)CCCNc1sc(C(=O)C2CC2)c(N)c1C(N)=O. The minimum atomic E-state index is -0.589. The number of carbonyl (C=O) groups excluding carboxylic acids is 2. The van der Waals surface area contributed by atoms with Crippen LogP contribution >= 0.6 is 11.3 Å². The zero-order valence-electron chi connectivity index (χ0n) is 12.4. The van der Waals surface area contributed by atoms with Gasteiger partial charge in [-0.05, 0) is 39.9 Å². The number of hydrogen-bond acceptors (Lipinski definition) is 6. The van der Waals surface area contributed by atoms with Crippen molar-refractivity contribution >= 4 is 33.7 Å². The van der Waals surface area contributed by atoms with Crippen molar-refractivity contribution in [2.45, 2.75) is 19.3 Å². The van der Waals surface area contributed by atoms with Gasteiger partial charge in [-0.1, -0.05) is 0 Å². The van der Waals surface area contributed by atoms with Gasteiger partial charge in [-0.3, -0.25) is 9.59 Å². The summed E-state index contributed by atoms with van der Waals surface area (Å²) in [5, 5.41) is 3.80. The quantitative estimate of drug-likeness (QED) is 0.497. The number of ketones is 1. The highest BCUT2D eigenvalue weighted by Gasteiger charge is 2.34. The molecule has 0 spiro atoms. The van der Waals surface area contributed by atoms with E-state index in [4.69, 9.17) is 11.5 Å². The van der Waals surface area contributed by atoms with Crippen LogP contribution in [0.15, 0.2) is 0 Å². The summed E-state index contributed by atoms with van der Waals surface area (Å²) >= 11 is 1.25. The van der Waals surface area contributed by atoms with E-state index >= 15 is 0 Å². The standard InChI is InChI=1S/C14H22N4O2S/c1-18(2)7-3-6-17-14-9(13(16)20)10(15)12(21-14)11(19)8-4-5-8/h8,17H,3-7,15H2,1-2H3,(H2,16,20). The number of nitrogens with two attached hydrogens (primary N) is 2. The Hall–Kier alpha value is -1.60. The molecule has 0 bridgehead atoms. The predicted octanol–water partition coefficient (Wildman–Crippen LogP) is 1.39. The van der Waals surface area contributed by atoms with Crippen molar-refractivity contribution < 1.29 is 9.59 Å². The number of amides is 1. The van der Waals surface area contributed by atoms with Crippen molar-refractivity contribution in [2.75, 3.05) is 38.2 Å². The first-order chi connectivity index (χ1) is 9.91. The largest absolute Gasteiger partial charge is 0.397 e. The zero-order valence-corrected chi connectivity index (χ0v) is 13.3. The number of primary amides is 1. The fourth-order valence-corrected chi connectivity index (χ4v) is 3.29. The van der Waals surface area contributed by atoms with Gasteiger partial charge < -0.3 is 21.7 Å². The highest BCUT2D eigenvalue weighted by Crippen LogP contribution is 2.41. The predicted molar refractivity (Wildman–Crippen MR) is 86.0 cm³/mol. The van der Waals surface area contributed by atoms with E-state index in [2.05, 4.69) is 10.2 Å². The Morgan fingerprint density at radius 2 is 2.05 bits per heavy atom. The summed E-state index contributed by atoms with van der Waals surface area (Å²) in [7, 11) is 4.01. The number of carbonyl (C=O) groups is 2. The van der Waals surface area contributed by atoms with Crippen molar-refractivity contribution in [3.05, 3.63) is 10.4 Å². The molecule has 116 valence electrons. The van der Waals surface area contributed by atoms with Gasteiger partial charge in [0, 0.05) is 12.5 Å². The first-order valence-corrected chi connectivity index (χ1v) is 7.88. The molecule has 6 nitrogen and oxygen atoms in total. The molecule has 2 rings (SSSR count). The lowest BCUT2D eigenvalue weighted by Crippen LogP contribution is -2.18. The molecule has 1 aromatic rings. The van der Waals surface area contributed by atoms with E-state index < -0.39 is 5.91 Å². The summed E-state index contributed by atoms with van der Waals surface area (Å²) in [6.45, 7) is 1.64. The first kappa shape index (κ1) is 15.8. The van der Waals surface area contributed by atoms with Gasteiger partial charge in [0.05, 0.1) is 16.1 Å². The van der Waals surface area contributed by atoms with E-state index in [1.165, 1.54) is 11.3 Å². The Morgan fingerprint density at radius 1 is 1.38 bits per heavy atom. The number of hydrogen-bond donors (Lipinski definition) is 3. The normalized spacial score (nSPS) is 14.4.